The molecule has 1 N–H and O–H groups in total. The molecular weight excluding hydrogens is 328 g/mol. The van der Waals surface area contributed by atoms with Crippen molar-refractivity contribution in [3.8, 4) is 0 Å². The lowest BCUT2D eigenvalue weighted by molar-refractivity contribution is -0.144. The maximum Gasteiger partial charge on any atom is 0.326 e. The van der Waals surface area contributed by atoms with Gasteiger partial charge in [-0.3, -0.25) is 14.4 Å². The van der Waals surface area contributed by atoms with Crippen molar-refractivity contribution in [1.82, 2.24) is 0 Å². The number of ketones is 2. The normalized spacial score (nSPS) is 31.2. The molecule has 0 heterocycles. The van der Waals surface area contributed by atoms with Crippen LogP contribution in [0.3, 0.4) is 0 Å². The van der Waals surface area contributed by atoms with Crippen molar-refractivity contribution in [2.75, 3.05) is 0 Å². The molecule has 0 aromatic carbocycles. The largest absolute Gasteiger partial charge is 0.480 e. The second-order valence-corrected chi connectivity index (χ2v) is 8.03. The van der Waals surface area contributed by atoms with Crippen molar-refractivity contribution in [3.63, 3.8) is 0 Å². The van der Waals surface area contributed by atoms with E-state index in [1.807, 2.05) is 0 Å². The third kappa shape index (κ3) is 4.20. The SMILES string of the molecule is CC(S)(C(=O)O)C(=O)C1(S)CCCCCCCC(S)C1=O. The average molecular weight is 351 g/mol. The number of carboxylic acid groups (broad SMARTS) is 1. The smallest absolute Gasteiger partial charge is 0.326 e. The van der Waals surface area contributed by atoms with Crippen molar-refractivity contribution in [1.29, 1.82) is 0 Å². The first kappa shape index (κ1) is 18.9. The predicted molar refractivity (Wildman–Crippen MR) is 91.9 cm³/mol. The van der Waals surface area contributed by atoms with Crippen LogP contribution in [0.2, 0.25) is 0 Å². The van der Waals surface area contributed by atoms with Gasteiger partial charge in [-0.15, -0.1) is 0 Å². The van der Waals surface area contributed by atoms with Crippen molar-refractivity contribution >= 4 is 55.4 Å². The minimum atomic E-state index is -1.94. The minimum Gasteiger partial charge on any atom is -0.480 e. The van der Waals surface area contributed by atoms with Crippen LogP contribution in [0, 0.1) is 0 Å². The Morgan fingerprint density at radius 3 is 2.33 bits per heavy atom. The molecule has 0 aromatic rings. The van der Waals surface area contributed by atoms with Gasteiger partial charge in [-0.1, -0.05) is 32.1 Å². The molecule has 0 aliphatic heterocycles. The van der Waals surface area contributed by atoms with Crippen molar-refractivity contribution in [2.45, 2.75) is 66.6 Å². The lowest BCUT2D eigenvalue weighted by Crippen LogP contribution is -2.55. The Labute approximate surface area is 141 Å². The second kappa shape index (κ2) is 7.42. The monoisotopic (exact) mass is 350 g/mol. The summed E-state index contributed by atoms with van der Waals surface area (Å²) in [6, 6.07) is 0. The molecule has 1 aliphatic rings. The van der Waals surface area contributed by atoms with Gasteiger partial charge in [-0.05, 0) is 19.8 Å². The molecule has 3 atom stereocenters. The molecule has 0 amide bonds. The lowest BCUT2D eigenvalue weighted by atomic mass is 9.82. The Morgan fingerprint density at radius 1 is 1.24 bits per heavy atom. The van der Waals surface area contributed by atoms with Gasteiger partial charge in [0.15, 0.2) is 16.3 Å². The molecule has 1 fully saturated rings. The van der Waals surface area contributed by atoms with E-state index in [0.29, 0.717) is 12.8 Å². The van der Waals surface area contributed by atoms with Gasteiger partial charge >= 0.3 is 5.97 Å². The third-order valence-corrected chi connectivity index (χ3v) is 5.49. The number of hydrogen-bond acceptors (Lipinski definition) is 6. The van der Waals surface area contributed by atoms with E-state index in [1.165, 1.54) is 6.92 Å². The molecule has 0 saturated heterocycles. The molecule has 0 aromatic heterocycles. The van der Waals surface area contributed by atoms with E-state index in [1.54, 1.807) is 0 Å². The number of carbonyl (C=O) groups excluding carboxylic acids is 2. The summed E-state index contributed by atoms with van der Waals surface area (Å²) in [7, 11) is 0. The first-order valence-electron chi connectivity index (χ1n) is 7.09. The van der Waals surface area contributed by atoms with Gasteiger partial charge in [0.2, 0.25) is 0 Å². The summed E-state index contributed by atoms with van der Waals surface area (Å²) in [5, 5.41) is 8.58. The zero-order valence-corrected chi connectivity index (χ0v) is 14.7. The fourth-order valence-corrected chi connectivity index (χ4v) is 3.83. The number of rotatable bonds is 3. The zero-order chi connectivity index (χ0) is 16.3. The highest BCUT2D eigenvalue weighted by atomic mass is 32.1. The summed E-state index contributed by atoms with van der Waals surface area (Å²) < 4.78 is -3.56. The number of carbonyl (C=O) groups is 3. The van der Waals surface area contributed by atoms with Gasteiger partial charge < -0.3 is 5.11 Å². The van der Waals surface area contributed by atoms with Crippen LogP contribution in [0.25, 0.3) is 0 Å². The van der Waals surface area contributed by atoms with Crippen LogP contribution in [0.15, 0.2) is 0 Å². The van der Waals surface area contributed by atoms with Crippen LogP contribution < -0.4 is 0 Å². The number of aliphatic carboxylic acids is 1. The van der Waals surface area contributed by atoms with E-state index in [0.717, 1.165) is 25.7 Å². The Kier molecular flexibility index (Phi) is 6.68. The molecule has 0 radical (unpaired) electrons. The summed E-state index contributed by atoms with van der Waals surface area (Å²) in [4.78, 5) is 36.5. The Morgan fingerprint density at radius 2 is 1.76 bits per heavy atom. The summed E-state index contributed by atoms with van der Waals surface area (Å²) in [6.07, 6.45) is 5.31. The van der Waals surface area contributed by atoms with E-state index in [-0.39, 0.29) is 6.42 Å². The molecule has 4 nitrogen and oxygen atoms in total. The van der Waals surface area contributed by atoms with E-state index in [9.17, 15) is 19.5 Å². The van der Waals surface area contributed by atoms with Gasteiger partial charge in [0.25, 0.3) is 0 Å². The molecule has 3 unspecified atom stereocenters. The number of Topliss-reactive ketones (excluding diaryl/α,β-unsaturated/α-hetero) is 2. The highest BCUT2D eigenvalue weighted by molar-refractivity contribution is 7.86. The molecule has 0 spiro atoms. The van der Waals surface area contributed by atoms with Crippen LogP contribution in [0.1, 0.15) is 51.9 Å². The average Bonchev–Trinajstić information content (AvgIpc) is 2.43. The van der Waals surface area contributed by atoms with Gasteiger partial charge in [0.05, 0.1) is 5.25 Å². The number of carboxylic acids is 1. The molecule has 1 rings (SSSR count). The summed E-state index contributed by atoms with van der Waals surface area (Å²) in [5.41, 5.74) is 0. The first-order valence-corrected chi connectivity index (χ1v) is 8.50. The molecule has 7 heteroatoms. The Hall–Kier alpha value is -0.140. The molecule has 21 heavy (non-hydrogen) atoms. The number of hydrogen-bond donors (Lipinski definition) is 4. The second-order valence-electron chi connectivity index (χ2n) is 5.75. The van der Waals surface area contributed by atoms with Crippen LogP contribution in [-0.4, -0.2) is 37.4 Å². The summed E-state index contributed by atoms with van der Waals surface area (Å²) in [6.45, 7) is 1.19. The quantitative estimate of drug-likeness (QED) is 0.466. The molecule has 1 aliphatic carbocycles. The van der Waals surface area contributed by atoms with Crippen LogP contribution in [-0.2, 0) is 14.4 Å². The Bertz CT molecular complexity index is 436. The maximum absolute atomic E-state index is 12.6. The highest BCUT2D eigenvalue weighted by Crippen LogP contribution is 2.36. The molecule has 120 valence electrons. The van der Waals surface area contributed by atoms with Gasteiger partial charge in [0.1, 0.15) is 4.75 Å². The topological polar surface area (TPSA) is 71.4 Å². The first-order chi connectivity index (χ1) is 9.64. The standard InChI is InChI=1S/C14H22O4S3/c1-13(20,12(17)18)11(16)14(21)8-6-4-2-3-5-7-9(19)10(14)15/h9,19-21H,2-8H2,1H3,(H,17,18). The van der Waals surface area contributed by atoms with E-state index < -0.39 is 32.3 Å². The van der Waals surface area contributed by atoms with Gasteiger partial charge in [-0.25, -0.2) is 0 Å². The van der Waals surface area contributed by atoms with Crippen molar-refractivity contribution < 1.29 is 19.5 Å². The fourth-order valence-electron chi connectivity index (χ4n) is 2.50. The van der Waals surface area contributed by atoms with Crippen molar-refractivity contribution in [2.24, 2.45) is 0 Å². The lowest BCUT2D eigenvalue weighted by Gasteiger charge is -2.33. The summed E-state index contributed by atoms with van der Waals surface area (Å²) in [5.74, 6) is -2.54. The molecule has 1 saturated carbocycles. The van der Waals surface area contributed by atoms with Gasteiger partial charge in [-0.2, -0.15) is 37.9 Å². The fraction of sp³-hybridized carbons (Fsp3) is 0.786. The predicted octanol–water partition coefficient (Wildman–Crippen LogP) is 2.61. The van der Waals surface area contributed by atoms with Crippen molar-refractivity contribution in [3.05, 3.63) is 0 Å². The maximum atomic E-state index is 12.6. The van der Waals surface area contributed by atoms with Crippen LogP contribution in [0.5, 0.6) is 0 Å². The van der Waals surface area contributed by atoms with E-state index in [2.05, 4.69) is 37.9 Å². The Balaban J connectivity index is 3.12. The zero-order valence-electron chi connectivity index (χ0n) is 12.0. The van der Waals surface area contributed by atoms with Gasteiger partial charge in [0, 0.05) is 0 Å². The third-order valence-electron chi connectivity index (χ3n) is 3.96. The minimum absolute atomic E-state index is 0.230. The summed E-state index contributed by atoms with van der Waals surface area (Å²) >= 11 is 12.6. The molecular formula is C14H22O4S3. The molecule has 0 bridgehead atoms. The van der Waals surface area contributed by atoms with Crippen LogP contribution >= 0.6 is 37.9 Å². The number of thiol groups is 3. The van der Waals surface area contributed by atoms with E-state index >= 15 is 0 Å². The van der Waals surface area contributed by atoms with E-state index in [4.69, 9.17) is 0 Å². The van der Waals surface area contributed by atoms with Crippen LogP contribution in [0.4, 0.5) is 0 Å². The highest BCUT2D eigenvalue weighted by Gasteiger charge is 2.53.